The van der Waals surface area contributed by atoms with E-state index in [0.717, 1.165) is 16.2 Å². The first-order valence-corrected chi connectivity index (χ1v) is 19.1. The van der Waals surface area contributed by atoms with E-state index in [1.54, 1.807) is 5.56 Å². The predicted octanol–water partition coefficient (Wildman–Crippen LogP) is 12.4. The Morgan fingerprint density at radius 2 is 1.05 bits per heavy atom. The molecule has 3 aromatic carbocycles. The Hall–Kier alpha value is -2.52. The van der Waals surface area contributed by atoms with Crippen LogP contribution in [0, 0.1) is 0 Å². The normalized spacial score (nSPS) is 19.7. The molecule has 3 aliphatic rings. The molecule has 0 saturated heterocycles. The quantitative estimate of drug-likeness (QED) is 0.246. The van der Waals surface area contributed by atoms with Crippen LogP contribution in [0.25, 0.3) is 0 Å². The van der Waals surface area contributed by atoms with E-state index in [2.05, 4.69) is 79.7 Å². The molecule has 0 aliphatic heterocycles. The lowest BCUT2D eigenvalue weighted by Gasteiger charge is -2.45. The smallest absolute Gasteiger partial charge is 0.317 e. The van der Waals surface area contributed by atoms with E-state index in [1.807, 2.05) is 0 Å². The third kappa shape index (κ3) is 6.63. The number of carbonyl (C=O) groups is 1. The second-order valence-corrected chi connectivity index (χ2v) is 16.1. The highest BCUT2D eigenvalue weighted by molar-refractivity contribution is 8.30. The highest BCUT2D eigenvalue weighted by Gasteiger charge is 2.42. The number of hydrogen-bond acceptors (Lipinski definition) is 2. The summed E-state index contributed by atoms with van der Waals surface area (Å²) >= 11 is 0. The molecule has 0 aromatic heterocycles. The predicted molar refractivity (Wildman–Crippen MR) is 180 cm³/mol. The molecular weight excluding hydrogens is 545 g/mol. The van der Waals surface area contributed by atoms with Gasteiger partial charge in [0.2, 0.25) is 0 Å². The summed E-state index contributed by atoms with van der Waals surface area (Å²) < 4.78 is 7.13. The molecule has 0 amide bonds. The van der Waals surface area contributed by atoms with Crippen LogP contribution < -0.4 is 0 Å². The number of rotatable bonds is 9. The van der Waals surface area contributed by atoms with Crippen molar-refractivity contribution in [2.24, 2.45) is 0 Å². The van der Waals surface area contributed by atoms with Gasteiger partial charge >= 0.3 is 5.97 Å². The van der Waals surface area contributed by atoms with Crippen molar-refractivity contribution in [1.82, 2.24) is 0 Å². The summed E-state index contributed by atoms with van der Waals surface area (Å²) in [6.07, 6.45) is 20.8. The van der Waals surface area contributed by atoms with Crippen LogP contribution in [0.3, 0.4) is 0 Å². The number of hydrogen-bond donors (Lipinski definition) is 0. The zero-order valence-corrected chi connectivity index (χ0v) is 27.2. The van der Waals surface area contributed by atoms with Gasteiger partial charge in [-0.15, -0.1) is 0 Å². The van der Waals surface area contributed by atoms with E-state index in [4.69, 9.17) is 4.18 Å². The fourth-order valence-electron chi connectivity index (χ4n) is 8.25. The average molecular weight is 597 g/mol. The Morgan fingerprint density at radius 1 is 0.628 bits per heavy atom. The van der Waals surface area contributed by atoms with Crippen molar-refractivity contribution in [3.8, 4) is 0 Å². The largest absolute Gasteiger partial charge is 0.402 e. The van der Waals surface area contributed by atoms with Crippen LogP contribution in [0.15, 0.2) is 87.5 Å². The monoisotopic (exact) mass is 596 g/mol. The van der Waals surface area contributed by atoms with Gasteiger partial charge in [-0.25, -0.2) is 0 Å². The topological polar surface area (TPSA) is 26.3 Å². The lowest BCUT2D eigenvalue weighted by Crippen LogP contribution is -2.21. The van der Waals surface area contributed by atoms with E-state index in [0.29, 0.717) is 24.2 Å². The van der Waals surface area contributed by atoms with Gasteiger partial charge in [0, 0.05) is 21.1 Å². The highest BCUT2D eigenvalue weighted by atomic mass is 32.3. The highest BCUT2D eigenvalue weighted by Crippen LogP contribution is 2.72. The molecule has 0 bridgehead atoms. The van der Waals surface area contributed by atoms with Crippen LogP contribution >= 0.6 is 10.3 Å². The average Bonchev–Trinajstić information content (AvgIpc) is 3.09. The van der Waals surface area contributed by atoms with Gasteiger partial charge in [-0.1, -0.05) is 113 Å². The van der Waals surface area contributed by atoms with Crippen LogP contribution in [0.1, 0.15) is 151 Å². The molecule has 3 aromatic rings. The van der Waals surface area contributed by atoms with Crippen molar-refractivity contribution in [2.45, 2.75) is 149 Å². The third-order valence-corrected chi connectivity index (χ3v) is 13.8. The molecular formula is C40H52O2S. The molecule has 0 N–H and O–H groups in total. The SMILES string of the molecule is CCCC(=O)OS(c1ccccc1)(c1ccccc1)c1c(C2CCCCC2)cc(C2CCCCC2)cc1C1CCCCC1. The van der Waals surface area contributed by atoms with Crippen molar-refractivity contribution in [1.29, 1.82) is 0 Å². The van der Waals surface area contributed by atoms with Crippen LogP contribution in [0.2, 0.25) is 0 Å². The Balaban J connectivity index is 1.69. The molecule has 3 aliphatic carbocycles. The van der Waals surface area contributed by atoms with E-state index in [-0.39, 0.29) is 5.97 Å². The molecule has 0 radical (unpaired) electrons. The lowest BCUT2D eigenvalue weighted by molar-refractivity contribution is -0.133. The lowest BCUT2D eigenvalue weighted by atomic mass is 9.76. The van der Waals surface area contributed by atoms with Crippen LogP contribution in [0.4, 0.5) is 0 Å². The van der Waals surface area contributed by atoms with Crippen molar-refractivity contribution in [3.63, 3.8) is 0 Å². The molecule has 230 valence electrons. The summed E-state index contributed by atoms with van der Waals surface area (Å²) in [5.74, 6) is 1.65. The number of benzene rings is 3. The molecule has 0 atom stereocenters. The Labute approximate surface area is 262 Å². The Morgan fingerprint density at radius 3 is 1.47 bits per heavy atom. The summed E-state index contributed by atoms with van der Waals surface area (Å²) in [4.78, 5) is 17.6. The fourth-order valence-corrected chi connectivity index (χ4v) is 11.8. The van der Waals surface area contributed by atoms with Crippen molar-refractivity contribution in [2.75, 3.05) is 0 Å². The van der Waals surface area contributed by atoms with E-state index < -0.39 is 10.3 Å². The van der Waals surface area contributed by atoms with Gasteiger partial charge in [-0.3, -0.25) is 4.79 Å². The Bertz CT molecular complexity index is 1240. The van der Waals surface area contributed by atoms with Crippen molar-refractivity contribution in [3.05, 3.63) is 89.5 Å². The van der Waals surface area contributed by atoms with Crippen molar-refractivity contribution >= 4 is 16.3 Å². The summed E-state index contributed by atoms with van der Waals surface area (Å²) in [5, 5.41) is 0. The molecule has 6 rings (SSSR count). The van der Waals surface area contributed by atoms with Crippen molar-refractivity contribution < 1.29 is 8.98 Å². The van der Waals surface area contributed by atoms with E-state index in [9.17, 15) is 4.79 Å². The second-order valence-electron chi connectivity index (χ2n) is 13.4. The molecule has 3 saturated carbocycles. The zero-order chi connectivity index (χ0) is 29.5. The second kappa shape index (κ2) is 14.5. The summed E-state index contributed by atoms with van der Waals surface area (Å²) in [6, 6.07) is 27.0. The van der Waals surface area contributed by atoms with Crippen LogP contribution in [-0.4, -0.2) is 5.97 Å². The Kier molecular flexibility index (Phi) is 10.3. The minimum absolute atomic E-state index is 0.0641. The molecule has 0 heterocycles. The minimum Gasteiger partial charge on any atom is -0.402 e. The maximum absolute atomic E-state index is 13.9. The maximum Gasteiger partial charge on any atom is 0.317 e. The van der Waals surface area contributed by atoms with Crippen LogP contribution in [-0.2, 0) is 8.98 Å². The zero-order valence-electron chi connectivity index (χ0n) is 26.4. The van der Waals surface area contributed by atoms with E-state index >= 15 is 0 Å². The first-order chi connectivity index (χ1) is 21.2. The van der Waals surface area contributed by atoms with Gasteiger partial charge in [0.1, 0.15) is 0 Å². The van der Waals surface area contributed by atoms with E-state index in [1.165, 1.54) is 112 Å². The van der Waals surface area contributed by atoms with Gasteiger partial charge in [-0.05, 0) is 114 Å². The van der Waals surface area contributed by atoms with Gasteiger partial charge in [0.05, 0.1) is 0 Å². The molecule has 3 fully saturated rings. The first-order valence-electron chi connectivity index (χ1n) is 17.5. The minimum atomic E-state index is -2.31. The van der Waals surface area contributed by atoms with Gasteiger partial charge in [0.15, 0.2) is 0 Å². The van der Waals surface area contributed by atoms with Gasteiger partial charge in [-0.2, -0.15) is 0 Å². The number of carbonyl (C=O) groups excluding carboxylic acids is 1. The molecule has 0 unspecified atom stereocenters. The maximum atomic E-state index is 13.9. The molecule has 3 heteroatoms. The molecule has 43 heavy (non-hydrogen) atoms. The van der Waals surface area contributed by atoms with Crippen LogP contribution in [0.5, 0.6) is 0 Å². The first kappa shape index (κ1) is 30.5. The van der Waals surface area contributed by atoms with Gasteiger partial charge in [0.25, 0.3) is 0 Å². The summed E-state index contributed by atoms with van der Waals surface area (Å²) in [5.41, 5.74) is 4.63. The van der Waals surface area contributed by atoms with Gasteiger partial charge < -0.3 is 4.18 Å². The molecule has 2 nitrogen and oxygen atoms in total. The third-order valence-electron chi connectivity index (χ3n) is 10.4. The standard InChI is InChI=1S/C40H52O2S/c1-2-18-39(41)42-43(35-25-14-6-15-26-35,36-27-16-7-17-28-36)40-37(32-21-10-4-11-22-32)29-34(31-19-8-3-9-20-31)30-38(40)33-23-12-5-13-24-33/h6-7,14-17,25-33H,2-5,8-13,18-24H2,1H3. The fraction of sp³-hybridized carbons (Fsp3) is 0.525. The summed E-state index contributed by atoms with van der Waals surface area (Å²) in [6.45, 7) is 2.09. The summed E-state index contributed by atoms with van der Waals surface area (Å²) in [7, 11) is -2.31. The molecule has 0 spiro atoms.